The molecule has 3 rings (SSSR count). The molecule has 0 spiro atoms. The summed E-state index contributed by atoms with van der Waals surface area (Å²) in [5.74, 6) is 0. The van der Waals surface area contributed by atoms with Crippen LogP contribution in [0, 0.1) is 10.1 Å². The molecule has 0 bridgehead atoms. The minimum atomic E-state index is -0.798. The van der Waals surface area contributed by atoms with Crippen LogP contribution >= 0.6 is 11.8 Å². The van der Waals surface area contributed by atoms with Gasteiger partial charge in [0.1, 0.15) is 0 Å². The number of aliphatic hydroxyl groups excluding tert-OH is 1. The number of rotatable bonds is 5. The highest BCUT2D eigenvalue weighted by atomic mass is 32.2. The van der Waals surface area contributed by atoms with Gasteiger partial charge in [-0.05, 0) is 12.5 Å². The fourth-order valence-electron chi connectivity index (χ4n) is 2.78. The van der Waals surface area contributed by atoms with Gasteiger partial charge in [-0.25, -0.2) is 4.98 Å². The zero-order valence-electron chi connectivity index (χ0n) is 11.8. The summed E-state index contributed by atoms with van der Waals surface area (Å²) < 4.78 is 1.38. The maximum absolute atomic E-state index is 10.9. The number of nitro groups is 1. The van der Waals surface area contributed by atoms with Crippen LogP contribution in [0.3, 0.4) is 0 Å². The lowest BCUT2D eigenvalue weighted by atomic mass is 9.92. The van der Waals surface area contributed by atoms with Crippen molar-refractivity contribution in [3.8, 4) is 0 Å². The Morgan fingerprint density at radius 3 is 3.05 bits per heavy atom. The molecule has 0 fully saturated rings. The summed E-state index contributed by atoms with van der Waals surface area (Å²) in [5, 5.41) is 21.7. The van der Waals surface area contributed by atoms with Gasteiger partial charge in [0.2, 0.25) is 0 Å². The Balaban J connectivity index is 1.99. The highest BCUT2D eigenvalue weighted by Crippen LogP contribution is 2.55. The van der Waals surface area contributed by atoms with E-state index in [-0.39, 0.29) is 5.69 Å². The second kappa shape index (κ2) is 5.58. The Morgan fingerprint density at radius 1 is 1.59 bits per heavy atom. The van der Waals surface area contributed by atoms with E-state index in [4.69, 9.17) is 0 Å². The first-order valence-electron chi connectivity index (χ1n) is 6.78. The van der Waals surface area contributed by atoms with Crippen LogP contribution in [-0.2, 0) is 6.54 Å². The number of imidazole rings is 1. The minimum absolute atomic E-state index is 0.00423. The maximum Gasteiger partial charge on any atom is 0.269 e. The molecule has 0 amide bonds. The van der Waals surface area contributed by atoms with E-state index < -0.39 is 15.8 Å². The molecular weight excluding hydrogens is 302 g/mol. The number of thioether (sulfide) groups is 1. The number of allylic oxidation sites excluding steroid dienone is 1. The van der Waals surface area contributed by atoms with Crippen molar-refractivity contribution in [1.82, 2.24) is 9.55 Å². The van der Waals surface area contributed by atoms with E-state index in [0.29, 0.717) is 18.5 Å². The first-order valence-corrected chi connectivity index (χ1v) is 7.59. The Kier molecular flexibility index (Phi) is 3.76. The van der Waals surface area contributed by atoms with Crippen LogP contribution in [0.2, 0.25) is 0 Å². The standard InChI is InChI=1S/C15H15N3O3S/c1-2-5-15(9-17-7-6-16-10-17)14(19)12-8-11(18(20)21)3-4-13(12)22-15/h2-4,6-8,10,14,19H,1,5,9H2/t14-,15-/m0/s1. The molecule has 6 nitrogen and oxygen atoms in total. The van der Waals surface area contributed by atoms with Gasteiger partial charge in [0.05, 0.1) is 22.1 Å². The van der Waals surface area contributed by atoms with Gasteiger partial charge >= 0.3 is 0 Å². The van der Waals surface area contributed by atoms with Gasteiger partial charge in [0.15, 0.2) is 0 Å². The van der Waals surface area contributed by atoms with E-state index >= 15 is 0 Å². The number of fused-ring (bicyclic) bond motifs is 1. The van der Waals surface area contributed by atoms with Crippen molar-refractivity contribution in [3.63, 3.8) is 0 Å². The van der Waals surface area contributed by atoms with Gasteiger partial charge in [0, 0.05) is 41.5 Å². The van der Waals surface area contributed by atoms with Crippen molar-refractivity contribution < 1.29 is 10.0 Å². The zero-order valence-corrected chi connectivity index (χ0v) is 12.6. The second-order valence-electron chi connectivity index (χ2n) is 5.28. The second-order valence-corrected chi connectivity index (χ2v) is 6.73. The lowest BCUT2D eigenvalue weighted by molar-refractivity contribution is -0.385. The van der Waals surface area contributed by atoms with Crippen molar-refractivity contribution in [1.29, 1.82) is 0 Å². The van der Waals surface area contributed by atoms with Crippen molar-refractivity contribution >= 4 is 17.4 Å². The summed E-state index contributed by atoms with van der Waals surface area (Å²) in [6, 6.07) is 4.64. The third-order valence-electron chi connectivity index (χ3n) is 3.81. The number of nitro benzene ring substituents is 1. The lowest BCUT2D eigenvalue weighted by Crippen LogP contribution is -2.33. The largest absolute Gasteiger partial charge is 0.387 e. The Hall–Kier alpha value is -2.12. The van der Waals surface area contributed by atoms with Gasteiger partial charge < -0.3 is 9.67 Å². The third kappa shape index (κ3) is 2.42. The van der Waals surface area contributed by atoms with Gasteiger partial charge in [-0.3, -0.25) is 10.1 Å². The van der Waals surface area contributed by atoms with Crippen LogP contribution < -0.4 is 0 Å². The van der Waals surface area contributed by atoms with Gasteiger partial charge in [-0.1, -0.05) is 6.08 Å². The molecule has 0 aliphatic carbocycles. The molecule has 0 saturated heterocycles. The van der Waals surface area contributed by atoms with E-state index in [2.05, 4.69) is 11.6 Å². The van der Waals surface area contributed by atoms with E-state index in [0.717, 1.165) is 4.90 Å². The average Bonchev–Trinajstić information content (AvgIpc) is 3.07. The average molecular weight is 317 g/mol. The summed E-state index contributed by atoms with van der Waals surface area (Å²) in [6.07, 6.45) is 6.78. The molecule has 0 unspecified atom stereocenters. The molecule has 1 N–H and O–H groups in total. The molecule has 2 aromatic rings. The molecule has 1 aliphatic heterocycles. The topological polar surface area (TPSA) is 81.2 Å². The molecule has 22 heavy (non-hydrogen) atoms. The maximum atomic E-state index is 10.9. The van der Waals surface area contributed by atoms with E-state index in [9.17, 15) is 15.2 Å². The summed E-state index contributed by atoms with van der Waals surface area (Å²) in [6.45, 7) is 4.33. The highest BCUT2D eigenvalue weighted by molar-refractivity contribution is 8.01. The fourth-order valence-corrected chi connectivity index (χ4v) is 4.30. The predicted octanol–water partition coefficient (Wildman–Crippen LogP) is 2.95. The summed E-state index contributed by atoms with van der Waals surface area (Å²) in [5.41, 5.74) is 0.608. The number of hydrogen-bond donors (Lipinski definition) is 1. The molecule has 1 aliphatic rings. The third-order valence-corrected chi connectivity index (χ3v) is 5.33. The Morgan fingerprint density at radius 2 is 2.41 bits per heavy atom. The van der Waals surface area contributed by atoms with Crippen LogP contribution in [-0.4, -0.2) is 24.3 Å². The molecular formula is C15H15N3O3S. The minimum Gasteiger partial charge on any atom is -0.387 e. The fraction of sp³-hybridized carbons (Fsp3) is 0.267. The molecule has 0 radical (unpaired) electrons. The quantitative estimate of drug-likeness (QED) is 0.521. The van der Waals surface area contributed by atoms with Crippen LogP contribution in [0.4, 0.5) is 5.69 Å². The molecule has 2 atom stereocenters. The van der Waals surface area contributed by atoms with Crippen molar-refractivity contribution in [2.45, 2.75) is 28.7 Å². The predicted molar refractivity (Wildman–Crippen MR) is 83.7 cm³/mol. The number of hydrogen-bond acceptors (Lipinski definition) is 5. The van der Waals surface area contributed by atoms with E-state index in [1.54, 1.807) is 36.4 Å². The van der Waals surface area contributed by atoms with Crippen LogP contribution in [0.1, 0.15) is 18.1 Å². The van der Waals surface area contributed by atoms with Crippen molar-refractivity contribution in [3.05, 3.63) is 65.3 Å². The molecule has 0 saturated carbocycles. The van der Waals surface area contributed by atoms with Crippen LogP contribution in [0.25, 0.3) is 0 Å². The summed E-state index contributed by atoms with van der Waals surface area (Å²) >= 11 is 1.54. The van der Waals surface area contributed by atoms with E-state index in [1.807, 2.05) is 10.8 Å². The zero-order chi connectivity index (χ0) is 15.7. The summed E-state index contributed by atoms with van der Waals surface area (Å²) in [4.78, 5) is 15.4. The molecule has 2 heterocycles. The van der Waals surface area contributed by atoms with Crippen molar-refractivity contribution in [2.24, 2.45) is 0 Å². The first kappa shape index (κ1) is 14.8. The number of benzene rings is 1. The first-order chi connectivity index (χ1) is 10.6. The van der Waals surface area contributed by atoms with E-state index in [1.165, 1.54) is 12.1 Å². The Labute approximate surface area is 131 Å². The monoisotopic (exact) mass is 317 g/mol. The highest BCUT2D eigenvalue weighted by Gasteiger charge is 2.46. The molecule has 114 valence electrons. The van der Waals surface area contributed by atoms with Gasteiger partial charge in [-0.15, -0.1) is 18.3 Å². The smallest absolute Gasteiger partial charge is 0.269 e. The summed E-state index contributed by atoms with van der Waals surface area (Å²) in [7, 11) is 0. The molecule has 7 heteroatoms. The van der Waals surface area contributed by atoms with Gasteiger partial charge in [0.25, 0.3) is 5.69 Å². The van der Waals surface area contributed by atoms with Crippen molar-refractivity contribution in [2.75, 3.05) is 0 Å². The molecule has 1 aromatic carbocycles. The van der Waals surface area contributed by atoms with Crippen LogP contribution in [0.5, 0.6) is 0 Å². The number of aromatic nitrogens is 2. The Bertz CT molecular complexity index is 717. The number of nitrogens with zero attached hydrogens (tertiary/aromatic N) is 3. The van der Waals surface area contributed by atoms with Gasteiger partial charge in [-0.2, -0.15) is 0 Å². The van der Waals surface area contributed by atoms with Crippen LogP contribution in [0.15, 0.2) is 54.5 Å². The molecule has 1 aromatic heterocycles. The SMILES string of the molecule is C=CC[C@@]1(Cn2ccnc2)Sc2ccc([N+](=O)[O-])cc2[C@@H]1O. The number of aliphatic hydroxyl groups is 1. The number of non-ortho nitro benzene ring substituents is 1. The normalized spacial score (nSPS) is 23.2. The lowest BCUT2D eigenvalue weighted by Gasteiger charge is -2.31.